The van der Waals surface area contributed by atoms with Crippen LogP contribution in [0.5, 0.6) is 0 Å². The van der Waals surface area contributed by atoms with Crippen molar-refractivity contribution in [3.8, 4) is 0 Å². The van der Waals surface area contributed by atoms with Crippen molar-refractivity contribution in [1.82, 2.24) is 14.9 Å². The first-order valence-electron chi connectivity index (χ1n) is 10.5. The van der Waals surface area contributed by atoms with Crippen LogP contribution >= 0.6 is 0 Å². The summed E-state index contributed by atoms with van der Waals surface area (Å²) in [6.45, 7) is 7.71. The Morgan fingerprint density at radius 3 is 2.60 bits per heavy atom. The minimum absolute atomic E-state index is 0.0990. The Labute approximate surface area is 177 Å². The van der Waals surface area contributed by atoms with Gasteiger partial charge in [0.1, 0.15) is 0 Å². The third kappa shape index (κ3) is 3.09. The Morgan fingerprint density at radius 2 is 1.93 bits per heavy atom. The number of anilines is 2. The molecule has 0 radical (unpaired) electrons. The molecular weight excluding hydrogens is 404 g/mol. The number of hydrogen-bond donors (Lipinski definition) is 2. The molecule has 1 saturated heterocycles. The maximum atomic E-state index is 13.2. The highest BCUT2D eigenvalue weighted by Crippen LogP contribution is 2.43. The number of carbonyl (C=O) groups is 1. The average Bonchev–Trinajstić information content (AvgIpc) is 3.31. The van der Waals surface area contributed by atoms with Crippen molar-refractivity contribution in [3.05, 3.63) is 17.7 Å². The van der Waals surface area contributed by atoms with Gasteiger partial charge in [-0.25, -0.2) is 13.1 Å². The zero-order valence-corrected chi connectivity index (χ0v) is 18.4. The van der Waals surface area contributed by atoms with Crippen LogP contribution in [-0.4, -0.2) is 76.5 Å². The fourth-order valence-electron chi connectivity index (χ4n) is 4.41. The highest BCUT2D eigenvalue weighted by Gasteiger charge is 2.44. The maximum absolute atomic E-state index is 13.2. The molecule has 3 aliphatic heterocycles. The van der Waals surface area contributed by atoms with E-state index in [1.54, 1.807) is 13.1 Å². The van der Waals surface area contributed by atoms with Crippen LogP contribution in [0.1, 0.15) is 37.0 Å². The molecule has 30 heavy (non-hydrogen) atoms. The van der Waals surface area contributed by atoms with Gasteiger partial charge < -0.3 is 15.1 Å². The molecule has 9 nitrogen and oxygen atoms in total. The van der Waals surface area contributed by atoms with Crippen LogP contribution in [0.25, 0.3) is 0 Å². The Balaban J connectivity index is 1.70. The number of hydrogen-bond acceptors (Lipinski definition) is 7. The molecule has 162 valence electrons. The highest BCUT2D eigenvalue weighted by atomic mass is 32.2. The molecule has 0 unspecified atom stereocenters. The number of sulfonamides is 1. The van der Waals surface area contributed by atoms with E-state index in [1.807, 2.05) is 6.92 Å². The molecule has 3 heterocycles. The molecule has 0 spiro atoms. The van der Waals surface area contributed by atoms with Gasteiger partial charge in [-0.15, -0.1) is 0 Å². The number of carbonyl (C=O) groups excluding carboxylic acids is 1. The molecule has 4 aliphatic rings. The van der Waals surface area contributed by atoms with Gasteiger partial charge in [0.05, 0.1) is 34.4 Å². The van der Waals surface area contributed by atoms with Gasteiger partial charge in [-0.05, 0) is 38.8 Å². The Bertz CT molecular complexity index is 1040. The normalized spacial score (nSPS) is 25.2. The topological polar surface area (TPSA) is 97.3 Å². The summed E-state index contributed by atoms with van der Waals surface area (Å²) < 4.78 is 29.2. The molecule has 1 aliphatic carbocycles. The summed E-state index contributed by atoms with van der Waals surface area (Å²) in [5.41, 5.74) is 1.61. The van der Waals surface area contributed by atoms with Gasteiger partial charge >= 0.3 is 0 Å². The van der Waals surface area contributed by atoms with Crippen molar-refractivity contribution in [1.29, 1.82) is 0 Å². The van der Waals surface area contributed by atoms with Gasteiger partial charge in [0.25, 0.3) is 5.91 Å². The number of aliphatic imine (C=N–C) groups is 1. The van der Waals surface area contributed by atoms with E-state index >= 15 is 0 Å². The molecule has 1 aromatic rings. The van der Waals surface area contributed by atoms with Gasteiger partial charge in [0.15, 0.2) is 0 Å². The lowest BCUT2D eigenvalue weighted by atomic mass is 10.0. The van der Waals surface area contributed by atoms with E-state index in [0.29, 0.717) is 18.1 Å². The van der Waals surface area contributed by atoms with Crippen LogP contribution in [0.2, 0.25) is 0 Å². The first-order chi connectivity index (χ1) is 14.2. The summed E-state index contributed by atoms with van der Waals surface area (Å²) in [5, 5.41) is 3.33. The molecule has 1 aromatic carbocycles. The number of guanidine groups is 1. The number of amides is 1. The fourth-order valence-corrected chi connectivity index (χ4v) is 5.92. The van der Waals surface area contributed by atoms with Gasteiger partial charge in [-0.3, -0.25) is 14.7 Å². The SMILES string of the molecule is C[C@@H]1CN=C2N(C)C(=O)c3cc(S(=O)(=O)NC4(C)CC4)cc(N4CCNCC4)c3N21. The van der Waals surface area contributed by atoms with E-state index in [4.69, 9.17) is 0 Å². The van der Waals surface area contributed by atoms with Crippen LogP contribution < -0.4 is 19.8 Å². The number of nitrogens with zero attached hydrogens (tertiary/aromatic N) is 4. The van der Waals surface area contributed by atoms with Crippen LogP contribution in [0.4, 0.5) is 11.4 Å². The van der Waals surface area contributed by atoms with Gasteiger partial charge in [-0.1, -0.05) is 0 Å². The first kappa shape index (κ1) is 19.8. The van der Waals surface area contributed by atoms with Crippen LogP contribution in [0, 0.1) is 0 Å². The zero-order chi connectivity index (χ0) is 21.3. The van der Waals surface area contributed by atoms with E-state index in [1.165, 1.54) is 11.0 Å². The second kappa shape index (κ2) is 6.66. The van der Waals surface area contributed by atoms with Crippen molar-refractivity contribution in [2.24, 2.45) is 4.99 Å². The lowest BCUT2D eigenvalue weighted by Crippen LogP contribution is -2.52. The first-order valence-corrected chi connectivity index (χ1v) is 12.0. The minimum atomic E-state index is -3.74. The summed E-state index contributed by atoms with van der Waals surface area (Å²) in [6, 6.07) is 3.37. The number of nitrogens with one attached hydrogen (secondary N) is 2. The summed E-state index contributed by atoms with van der Waals surface area (Å²) in [7, 11) is -2.04. The molecule has 5 rings (SSSR count). The highest BCUT2D eigenvalue weighted by molar-refractivity contribution is 7.89. The van der Waals surface area contributed by atoms with Crippen LogP contribution in [0.15, 0.2) is 22.0 Å². The molecule has 1 atom stereocenters. The van der Waals surface area contributed by atoms with E-state index in [-0.39, 0.29) is 22.4 Å². The largest absolute Gasteiger partial charge is 0.367 e. The van der Waals surface area contributed by atoms with Crippen LogP contribution in [0.3, 0.4) is 0 Å². The number of rotatable bonds is 4. The molecule has 0 aromatic heterocycles. The van der Waals surface area contributed by atoms with E-state index in [0.717, 1.165) is 50.4 Å². The van der Waals surface area contributed by atoms with Crippen molar-refractivity contribution in [3.63, 3.8) is 0 Å². The molecule has 1 saturated carbocycles. The Kier molecular flexibility index (Phi) is 4.39. The van der Waals surface area contributed by atoms with Crippen molar-refractivity contribution in [2.45, 2.75) is 43.2 Å². The Hall–Kier alpha value is -2.17. The van der Waals surface area contributed by atoms with Crippen LogP contribution in [-0.2, 0) is 10.0 Å². The van der Waals surface area contributed by atoms with E-state index in [2.05, 4.69) is 31.8 Å². The predicted octanol–water partition coefficient (Wildman–Crippen LogP) is 0.577. The van der Waals surface area contributed by atoms with Crippen molar-refractivity contribution >= 4 is 33.3 Å². The second-order valence-electron chi connectivity index (χ2n) is 8.97. The molecule has 1 amide bonds. The van der Waals surface area contributed by atoms with Gasteiger partial charge in [-0.2, -0.15) is 0 Å². The number of benzene rings is 1. The lowest BCUT2D eigenvalue weighted by molar-refractivity contribution is 0.0865. The van der Waals surface area contributed by atoms with E-state index < -0.39 is 10.0 Å². The number of fused-ring (bicyclic) bond motifs is 3. The predicted molar refractivity (Wildman–Crippen MR) is 116 cm³/mol. The molecule has 0 bridgehead atoms. The van der Waals surface area contributed by atoms with Gasteiger partial charge in [0.2, 0.25) is 16.0 Å². The summed E-state index contributed by atoms with van der Waals surface area (Å²) >= 11 is 0. The summed E-state index contributed by atoms with van der Waals surface area (Å²) in [6.07, 6.45) is 1.66. The molecular formula is C20H28N6O3S. The quantitative estimate of drug-likeness (QED) is 0.722. The fraction of sp³-hybridized carbons (Fsp3) is 0.600. The Morgan fingerprint density at radius 1 is 1.23 bits per heavy atom. The molecule has 10 heteroatoms. The molecule has 2 fully saturated rings. The standard InChI is InChI=1S/C20H28N6O3S/c1-13-12-22-19-24(3)18(27)15-10-14(30(28,29)23-20(2)4-5-20)11-16(17(15)26(13)19)25-8-6-21-7-9-25/h10-11,13,21,23H,4-9,12H2,1-3H3/t13-/m1/s1. The third-order valence-corrected chi connectivity index (χ3v) is 8.06. The maximum Gasteiger partial charge on any atom is 0.262 e. The lowest BCUT2D eigenvalue weighted by Gasteiger charge is -2.40. The summed E-state index contributed by atoms with van der Waals surface area (Å²) in [4.78, 5) is 23.8. The average molecular weight is 433 g/mol. The molecule has 2 N–H and O–H groups in total. The second-order valence-corrected chi connectivity index (χ2v) is 10.6. The summed E-state index contributed by atoms with van der Waals surface area (Å²) in [5.74, 6) is 0.413. The smallest absolute Gasteiger partial charge is 0.262 e. The monoisotopic (exact) mass is 432 g/mol. The van der Waals surface area contributed by atoms with Crippen molar-refractivity contribution < 1.29 is 13.2 Å². The number of piperazine rings is 1. The van der Waals surface area contributed by atoms with Crippen molar-refractivity contribution in [2.75, 3.05) is 49.6 Å². The van der Waals surface area contributed by atoms with E-state index in [9.17, 15) is 13.2 Å². The van der Waals surface area contributed by atoms with Gasteiger partial charge in [0, 0.05) is 38.8 Å². The zero-order valence-electron chi connectivity index (χ0n) is 17.6. The minimum Gasteiger partial charge on any atom is -0.367 e. The third-order valence-electron chi connectivity index (χ3n) is 6.44.